The number of hydrogen-bond acceptors (Lipinski definition) is 3. The van der Waals surface area contributed by atoms with Gasteiger partial charge in [0.2, 0.25) is 5.78 Å². The lowest BCUT2D eigenvalue weighted by atomic mass is 10.1. The molecule has 2 aromatic rings. The number of thiophene rings is 1. The van der Waals surface area contributed by atoms with Gasteiger partial charge in [0.15, 0.2) is 0 Å². The van der Waals surface area contributed by atoms with Gasteiger partial charge < -0.3 is 9.67 Å². The van der Waals surface area contributed by atoms with Gasteiger partial charge >= 0.3 is 5.97 Å². The van der Waals surface area contributed by atoms with Crippen LogP contribution in [0.5, 0.6) is 0 Å². The van der Waals surface area contributed by atoms with Gasteiger partial charge in [-0.25, -0.2) is 0 Å². The number of carbonyl (C=O) groups excluding carboxylic acids is 1. The molecule has 2 aromatic heterocycles. The molecule has 1 aliphatic rings. The summed E-state index contributed by atoms with van der Waals surface area (Å²) in [6.45, 7) is 2.52. The van der Waals surface area contributed by atoms with Gasteiger partial charge in [-0.1, -0.05) is 0 Å². The van der Waals surface area contributed by atoms with Crippen LogP contribution in [0.1, 0.15) is 39.0 Å². The molecule has 98 valence electrons. The van der Waals surface area contributed by atoms with Crippen molar-refractivity contribution in [3.05, 3.63) is 45.4 Å². The zero-order valence-corrected chi connectivity index (χ0v) is 11.2. The molecule has 1 unspecified atom stereocenters. The van der Waals surface area contributed by atoms with Crippen LogP contribution in [0.15, 0.2) is 23.6 Å². The van der Waals surface area contributed by atoms with Crippen molar-refractivity contribution in [1.29, 1.82) is 0 Å². The van der Waals surface area contributed by atoms with E-state index in [1.807, 2.05) is 22.9 Å². The Morgan fingerprint density at radius 3 is 2.79 bits per heavy atom. The Kier molecular flexibility index (Phi) is 2.78. The number of hydrogen-bond donors (Lipinski definition) is 1. The van der Waals surface area contributed by atoms with E-state index in [1.54, 1.807) is 12.1 Å². The van der Waals surface area contributed by atoms with Crippen molar-refractivity contribution >= 4 is 23.1 Å². The topological polar surface area (TPSA) is 59.3 Å². The molecule has 0 aliphatic carbocycles. The first-order chi connectivity index (χ1) is 9.09. The number of rotatable bonds is 3. The second kappa shape index (κ2) is 4.35. The second-order valence-corrected chi connectivity index (χ2v) is 5.65. The van der Waals surface area contributed by atoms with Crippen molar-refractivity contribution in [1.82, 2.24) is 4.57 Å². The minimum atomic E-state index is -0.817. The lowest BCUT2D eigenvalue weighted by Crippen LogP contribution is -2.09. The molecule has 5 heteroatoms. The zero-order chi connectivity index (χ0) is 13.6. The van der Waals surface area contributed by atoms with Crippen molar-refractivity contribution in [2.45, 2.75) is 25.8 Å². The molecule has 0 amide bonds. The molecule has 1 N–H and O–H groups in total. The maximum absolute atomic E-state index is 12.5. The van der Waals surface area contributed by atoms with Crippen molar-refractivity contribution in [2.24, 2.45) is 0 Å². The van der Waals surface area contributed by atoms with Crippen molar-refractivity contribution in [3.63, 3.8) is 0 Å². The quantitative estimate of drug-likeness (QED) is 0.876. The highest BCUT2D eigenvalue weighted by Crippen LogP contribution is 2.32. The van der Waals surface area contributed by atoms with Gasteiger partial charge in [-0.05, 0) is 42.5 Å². The van der Waals surface area contributed by atoms with Gasteiger partial charge in [0.05, 0.1) is 16.5 Å². The first-order valence-corrected chi connectivity index (χ1v) is 6.98. The average Bonchev–Trinajstić information content (AvgIpc) is 3.01. The fourth-order valence-electron chi connectivity index (χ4n) is 2.61. The van der Waals surface area contributed by atoms with Crippen LogP contribution >= 0.6 is 11.3 Å². The van der Waals surface area contributed by atoms with Crippen LogP contribution in [-0.2, 0) is 11.3 Å². The lowest BCUT2D eigenvalue weighted by molar-refractivity contribution is -0.138. The first-order valence-electron chi connectivity index (χ1n) is 6.10. The number of aromatic nitrogens is 1. The van der Waals surface area contributed by atoms with Crippen molar-refractivity contribution < 1.29 is 14.7 Å². The molecule has 0 aromatic carbocycles. The van der Waals surface area contributed by atoms with E-state index in [4.69, 9.17) is 5.11 Å². The predicted molar refractivity (Wildman–Crippen MR) is 71.9 cm³/mol. The second-order valence-electron chi connectivity index (χ2n) is 4.74. The molecule has 0 saturated heterocycles. The van der Waals surface area contributed by atoms with E-state index in [1.165, 1.54) is 11.3 Å². The van der Waals surface area contributed by atoms with Gasteiger partial charge in [-0.3, -0.25) is 9.59 Å². The molecule has 4 nitrogen and oxygen atoms in total. The Balaban J connectivity index is 2.01. The molecule has 1 aliphatic heterocycles. The number of carboxylic acids is 1. The predicted octanol–water partition coefficient (Wildman–Crippen LogP) is 2.66. The summed E-state index contributed by atoms with van der Waals surface area (Å²) in [6.07, 6.45) is 0.565. The average molecular weight is 275 g/mol. The minimum absolute atomic E-state index is 0.00945. The maximum Gasteiger partial charge on any atom is 0.312 e. The fraction of sp³-hybridized carbons (Fsp3) is 0.286. The summed E-state index contributed by atoms with van der Waals surface area (Å²) < 4.78 is 1.85. The Morgan fingerprint density at radius 2 is 2.16 bits per heavy atom. The Morgan fingerprint density at radius 1 is 1.37 bits per heavy atom. The summed E-state index contributed by atoms with van der Waals surface area (Å²) >= 11 is 1.43. The van der Waals surface area contributed by atoms with Gasteiger partial charge in [-0.2, -0.15) is 0 Å². The van der Waals surface area contributed by atoms with Crippen LogP contribution < -0.4 is 0 Å². The third-order valence-corrected chi connectivity index (χ3v) is 4.63. The van der Waals surface area contributed by atoms with Crippen LogP contribution in [0.4, 0.5) is 0 Å². The number of carbonyl (C=O) groups is 2. The first kappa shape index (κ1) is 12.2. The Hall–Kier alpha value is -1.88. The van der Waals surface area contributed by atoms with Gasteiger partial charge in [-0.15, -0.1) is 11.3 Å². The molecular formula is C14H13NO3S. The number of ketones is 1. The number of nitrogens with zero attached hydrogens (tertiary/aromatic N) is 1. The van der Waals surface area contributed by atoms with Crippen LogP contribution in [0.2, 0.25) is 0 Å². The number of carboxylic acid groups (broad SMARTS) is 1. The highest BCUT2D eigenvalue weighted by Gasteiger charge is 2.32. The highest BCUT2D eigenvalue weighted by atomic mass is 32.1. The zero-order valence-electron chi connectivity index (χ0n) is 10.4. The highest BCUT2D eigenvalue weighted by molar-refractivity contribution is 7.12. The van der Waals surface area contributed by atoms with Gasteiger partial charge in [0.1, 0.15) is 0 Å². The monoisotopic (exact) mass is 275 g/mol. The summed E-state index contributed by atoms with van der Waals surface area (Å²) in [5.41, 5.74) is 2.31. The molecule has 0 spiro atoms. The van der Waals surface area contributed by atoms with Crippen LogP contribution in [0.3, 0.4) is 0 Å². The summed E-state index contributed by atoms with van der Waals surface area (Å²) in [6, 6.07) is 5.43. The normalized spacial score (nSPS) is 17.4. The summed E-state index contributed by atoms with van der Waals surface area (Å²) in [7, 11) is 0. The molecule has 19 heavy (non-hydrogen) atoms. The molecule has 0 fully saturated rings. The Bertz CT molecular complexity index is 668. The number of aryl methyl sites for hydroxylation is 1. The molecule has 1 atom stereocenters. The molecule has 3 heterocycles. The number of aliphatic carboxylic acids is 1. The van der Waals surface area contributed by atoms with E-state index in [-0.39, 0.29) is 5.78 Å². The van der Waals surface area contributed by atoms with E-state index in [0.717, 1.165) is 16.1 Å². The molecule has 3 rings (SSSR count). The van der Waals surface area contributed by atoms with Crippen LogP contribution in [0, 0.1) is 6.92 Å². The van der Waals surface area contributed by atoms with E-state index in [9.17, 15) is 9.59 Å². The molecule has 0 bridgehead atoms. The van der Waals surface area contributed by atoms with Gasteiger partial charge in [0, 0.05) is 12.2 Å². The van der Waals surface area contributed by atoms with Crippen LogP contribution in [0.25, 0.3) is 0 Å². The summed E-state index contributed by atoms with van der Waals surface area (Å²) in [5, 5.41) is 11.0. The maximum atomic E-state index is 12.5. The molecular weight excluding hydrogens is 262 g/mol. The summed E-state index contributed by atoms with van der Waals surface area (Å²) in [5.74, 6) is -1.31. The largest absolute Gasteiger partial charge is 0.481 e. The van der Waals surface area contributed by atoms with Crippen LogP contribution in [-0.4, -0.2) is 21.4 Å². The summed E-state index contributed by atoms with van der Waals surface area (Å²) in [4.78, 5) is 24.3. The SMILES string of the molecule is Cc1ccsc1C(=O)c1ccc2n1CCC2C(=O)O. The third kappa shape index (κ3) is 1.81. The van der Waals surface area contributed by atoms with Crippen molar-refractivity contribution in [3.8, 4) is 0 Å². The molecule has 0 radical (unpaired) electrons. The van der Waals surface area contributed by atoms with E-state index < -0.39 is 11.9 Å². The van der Waals surface area contributed by atoms with E-state index >= 15 is 0 Å². The van der Waals surface area contributed by atoms with Crippen molar-refractivity contribution in [2.75, 3.05) is 0 Å². The lowest BCUT2D eigenvalue weighted by Gasteiger charge is -2.05. The third-order valence-electron chi connectivity index (χ3n) is 3.61. The fourth-order valence-corrected chi connectivity index (χ4v) is 3.49. The standard InChI is InChI=1S/C14H13NO3S/c1-8-5-7-19-13(8)12(16)11-3-2-10-9(14(17)18)4-6-15(10)11/h2-3,5,7,9H,4,6H2,1H3,(H,17,18). The Labute approximate surface area is 114 Å². The molecule has 0 saturated carbocycles. The van der Waals surface area contributed by atoms with E-state index in [0.29, 0.717) is 18.7 Å². The van der Waals surface area contributed by atoms with Gasteiger partial charge in [0.25, 0.3) is 0 Å². The van der Waals surface area contributed by atoms with E-state index in [2.05, 4.69) is 0 Å². The minimum Gasteiger partial charge on any atom is -0.481 e. The smallest absolute Gasteiger partial charge is 0.312 e. The number of fused-ring (bicyclic) bond motifs is 1.